The van der Waals surface area contributed by atoms with Gasteiger partial charge in [-0.05, 0) is 36.8 Å². The average Bonchev–Trinajstić information content (AvgIpc) is 2.66. The molecular weight excluding hydrogens is 228 g/mol. The molecule has 1 heterocycles. The van der Waals surface area contributed by atoms with E-state index in [1.165, 1.54) is 0 Å². The van der Waals surface area contributed by atoms with Crippen molar-refractivity contribution in [3.05, 3.63) is 24.3 Å². The molecule has 1 aliphatic carbocycles. The molecule has 102 valence electrons. The lowest BCUT2D eigenvalue weighted by molar-refractivity contribution is -0.169. The quantitative estimate of drug-likeness (QED) is 0.785. The van der Waals surface area contributed by atoms with Crippen LogP contribution in [0.2, 0.25) is 0 Å². The Hall–Kier alpha value is -0.640. The Balaban J connectivity index is 2.12. The Morgan fingerprint density at radius 2 is 2.28 bits per heavy atom. The first-order chi connectivity index (χ1) is 8.38. The summed E-state index contributed by atoms with van der Waals surface area (Å²) in [7, 11) is 0. The van der Waals surface area contributed by atoms with Crippen LogP contribution in [0.3, 0.4) is 0 Å². The van der Waals surface area contributed by atoms with E-state index in [-0.39, 0.29) is 11.5 Å². The maximum atomic E-state index is 10.2. The number of hydrogen-bond donors (Lipinski definition) is 1. The molecule has 2 rings (SSSR count). The third-order valence-corrected chi connectivity index (χ3v) is 3.89. The van der Waals surface area contributed by atoms with E-state index in [0.29, 0.717) is 13.0 Å². The molecule has 18 heavy (non-hydrogen) atoms. The molecule has 0 amide bonds. The van der Waals surface area contributed by atoms with Gasteiger partial charge in [0, 0.05) is 6.42 Å². The number of hydrogen-bond acceptors (Lipinski definition) is 3. The van der Waals surface area contributed by atoms with Gasteiger partial charge in [0.25, 0.3) is 0 Å². The first kappa shape index (κ1) is 13.8. The molecule has 3 atom stereocenters. The van der Waals surface area contributed by atoms with Crippen molar-refractivity contribution in [2.24, 2.45) is 5.41 Å². The van der Waals surface area contributed by atoms with Crippen LogP contribution in [0.5, 0.6) is 0 Å². The van der Waals surface area contributed by atoms with Crippen molar-refractivity contribution < 1.29 is 14.6 Å². The Labute approximate surface area is 109 Å². The molecule has 1 saturated heterocycles. The highest BCUT2D eigenvalue weighted by Crippen LogP contribution is 2.45. The summed E-state index contributed by atoms with van der Waals surface area (Å²) in [5, 5.41) is 10.2. The number of rotatable bonds is 3. The highest BCUT2D eigenvalue weighted by Gasteiger charge is 2.49. The molecule has 0 aromatic rings. The second-order valence-corrected chi connectivity index (χ2v) is 6.18. The summed E-state index contributed by atoms with van der Waals surface area (Å²) in [6.45, 7) is 10.4. The van der Waals surface area contributed by atoms with Crippen LogP contribution in [0, 0.1) is 5.41 Å². The van der Waals surface area contributed by atoms with Crippen molar-refractivity contribution in [3.63, 3.8) is 0 Å². The third-order valence-electron chi connectivity index (χ3n) is 3.89. The number of ether oxygens (including phenoxy) is 2. The van der Waals surface area contributed by atoms with Crippen LogP contribution in [-0.4, -0.2) is 29.7 Å². The van der Waals surface area contributed by atoms with Gasteiger partial charge in [0.15, 0.2) is 5.79 Å². The Morgan fingerprint density at radius 3 is 2.89 bits per heavy atom. The van der Waals surface area contributed by atoms with Gasteiger partial charge in [-0.3, -0.25) is 0 Å². The molecule has 1 spiro atoms. The number of aliphatic hydroxyl groups is 1. The molecule has 2 aliphatic rings. The van der Waals surface area contributed by atoms with Crippen LogP contribution in [0.25, 0.3) is 0 Å². The fourth-order valence-corrected chi connectivity index (χ4v) is 3.02. The second-order valence-electron chi connectivity index (χ2n) is 6.18. The second kappa shape index (κ2) is 4.80. The van der Waals surface area contributed by atoms with Gasteiger partial charge in [0.05, 0.1) is 18.8 Å². The standard InChI is InChI=1S/C15H24O3/c1-5-6-7-12-9-17-15(18-12)8-11(2)13(16)14(3,4)10-15/h5,8,12-13,16H,1,6-7,9-10H2,2-4H3. The van der Waals surface area contributed by atoms with Gasteiger partial charge in [-0.1, -0.05) is 19.9 Å². The largest absolute Gasteiger partial charge is 0.388 e. The summed E-state index contributed by atoms with van der Waals surface area (Å²) < 4.78 is 12.0. The predicted octanol–water partition coefficient (Wildman–Crippen LogP) is 2.80. The van der Waals surface area contributed by atoms with E-state index >= 15 is 0 Å². The van der Waals surface area contributed by atoms with Crippen LogP contribution in [0.15, 0.2) is 24.3 Å². The fourth-order valence-electron chi connectivity index (χ4n) is 3.02. The minimum Gasteiger partial charge on any atom is -0.388 e. The van der Waals surface area contributed by atoms with Crippen LogP contribution >= 0.6 is 0 Å². The van der Waals surface area contributed by atoms with Gasteiger partial charge in [-0.2, -0.15) is 0 Å². The molecule has 1 aliphatic heterocycles. The maximum absolute atomic E-state index is 10.2. The Bertz CT molecular complexity index is 359. The average molecular weight is 252 g/mol. The lowest BCUT2D eigenvalue weighted by atomic mass is 9.72. The molecule has 0 aromatic carbocycles. The monoisotopic (exact) mass is 252 g/mol. The highest BCUT2D eigenvalue weighted by molar-refractivity contribution is 5.20. The van der Waals surface area contributed by atoms with Gasteiger partial charge in [-0.15, -0.1) is 6.58 Å². The van der Waals surface area contributed by atoms with Gasteiger partial charge in [-0.25, -0.2) is 0 Å². The molecule has 3 nitrogen and oxygen atoms in total. The van der Waals surface area contributed by atoms with Crippen LogP contribution in [-0.2, 0) is 9.47 Å². The van der Waals surface area contributed by atoms with E-state index in [9.17, 15) is 5.11 Å². The van der Waals surface area contributed by atoms with Crippen LogP contribution in [0.4, 0.5) is 0 Å². The Morgan fingerprint density at radius 1 is 1.56 bits per heavy atom. The van der Waals surface area contributed by atoms with E-state index in [1.54, 1.807) is 0 Å². The van der Waals surface area contributed by atoms with E-state index < -0.39 is 11.9 Å². The zero-order valence-electron chi connectivity index (χ0n) is 11.6. The minimum absolute atomic E-state index is 0.137. The van der Waals surface area contributed by atoms with Crippen molar-refractivity contribution in [1.82, 2.24) is 0 Å². The summed E-state index contributed by atoms with van der Waals surface area (Å²) in [5.41, 5.74) is 0.724. The summed E-state index contributed by atoms with van der Waals surface area (Å²) >= 11 is 0. The van der Waals surface area contributed by atoms with E-state index in [1.807, 2.05) is 19.1 Å². The first-order valence-corrected chi connectivity index (χ1v) is 6.69. The van der Waals surface area contributed by atoms with Crippen molar-refractivity contribution in [2.45, 2.75) is 58.0 Å². The lowest BCUT2D eigenvalue weighted by Crippen LogP contribution is -2.45. The van der Waals surface area contributed by atoms with Gasteiger partial charge in [0.1, 0.15) is 0 Å². The van der Waals surface area contributed by atoms with Gasteiger partial charge < -0.3 is 14.6 Å². The Kier molecular flexibility index (Phi) is 3.67. The minimum atomic E-state index is -0.626. The summed E-state index contributed by atoms with van der Waals surface area (Å²) in [6.07, 6.45) is 6.17. The molecular formula is C15H24O3. The van der Waals surface area contributed by atoms with Crippen LogP contribution < -0.4 is 0 Å². The topological polar surface area (TPSA) is 38.7 Å². The van der Waals surface area contributed by atoms with Crippen molar-refractivity contribution in [1.29, 1.82) is 0 Å². The zero-order valence-corrected chi connectivity index (χ0v) is 11.6. The molecule has 0 aromatic heterocycles. The van der Waals surface area contributed by atoms with Crippen molar-refractivity contribution >= 4 is 0 Å². The van der Waals surface area contributed by atoms with Crippen LogP contribution in [0.1, 0.15) is 40.0 Å². The summed E-state index contributed by atoms with van der Waals surface area (Å²) in [6, 6.07) is 0. The van der Waals surface area contributed by atoms with E-state index in [0.717, 1.165) is 18.4 Å². The normalized spacial score (nSPS) is 38.8. The maximum Gasteiger partial charge on any atom is 0.189 e. The van der Waals surface area contributed by atoms with Gasteiger partial charge >= 0.3 is 0 Å². The van der Waals surface area contributed by atoms with Crippen molar-refractivity contribution in [2.75, 3.05) is 6.61 Å². The molecule has 0 bridgehead atoms. The molecule has 1 N–H and O–H groups in total. The molecule has 0 radical (unpaired) electrons. The molecule has 3 unspecified atom stereocenters. The highest BCUT2D eigenvalue weighted by atomic mass is 16.7. The smallest absolute Gasteiger partial charge is 0.189 e. The first-order valence-electron chi connectivity index (χ1n) is 6.69. The van der Waals surface area contributed by atoms with E-state index in [4.69, 9.17) is 9.47 Å². The molecule has 0 saturated carbocycles. The molecule has 3 heteroatoms. The van der Waals surface area contributed by atoms with Crippen molar-refractivity contribution in [3.8, 4) is 0 Å². The molecule has 1 fully saturated rings. The van der Waals surface area contributed by atoms with Gasteiger partial charge in [0.2, 0.25) is 0 Å². The fraction of sp³-hybridized carbons (Fsp3) is 0.733. The SMILES string of the molecule is C=CCCC1COC2(C=C(C)C(O)C(C)(C)C2)O1. The predicted molar refractivity (Wildman–Crippen MR) is 71.1 cm³/mol. The van der Waals surface area contributed by atoms with E-state index in [2.05, 4.69) is 20.4 Å². The number of allylic oxidation sites excluding steroid dienone is 1. The lowest BCUT2D eigenvalue weighted by Gasteiger charge is -2.42. The third kappa shape index (κ3) is 2.53. The summed E-state index contributed by atoms with van der Waals surface area (Å²) in [5.74, 6) is -0.626. The zero-order chi connectivity index (χ0) is 13.4. The summed E-state index contributed by atoms with van der Waals surface area (Å²) in [4.78, 5) is 0. The number of aliphatic hydroxyl groups excluding tert-OH is 1.